The maximum atomic E-state index is 14.8. The highest BCUT2D eigenvalue weighted by Crippen LogP contribution is 2.37. The molecule has 1 saturated heterocycles. The number of carbonyl (C=O) groups is 1. The predicted molar refractivity (Wildman–Crippen MR) is 84.3 cm³/mol. The lowest BCUT2D eigenvalue weighted by Gasteiger charge is -2.17. The van der Waals surface area contributed by atoms with E-state index in [1.165, 1.54) is 6.20 Å². The Labute approximate surface area is 141 Å². The molecule has 0 radical (unpaired) electrons. The Balaban J connectivity index is 2.11. The van der Waals surface area contributed by atoms with Gasteiger partial charge in [-0.05, 0) is 0 Å². The molecule has 12 heteroatoms. The summed E-state index contributed by atoms with van der Waals surface area (Å²) in [6.07, 6.45) is 1.48. The highest BCUT2D eigenvalue weighted by atomic mass is 32.2. The Morgan fingerprint density at radius 2 is 2.28 bits per heavy atom. The van der Waals surface area contributed by atoms with Crippen molar-refractivity contribution >= 4 is 38.7 Å². The van der Waals surface area contributed by atoms with Crippen molar-refractivity contribution in [2.24, 2.45) is 0 Å². The molecule has 2 heterocycles. The van der Waals surface area contributed by atoms with Crippen LogP contribution in [0.3, 0.4) is 0 Å². The van der Waals surface area contributed by atoms with E-state index >= 15 is 0 Å². The van der Waals surface area contributed by atoms with E-state index in [2.05, 4.69) is 15.3 Å². The number of phenols is 1. The number of phenolic OH excluding ortho intramolecular Hbond substituents is 1. The molecule has 1 aromatic heterocycles. The van der Waals surface area contributed by atoms with E-state index in [1.54, 1.807) is 4.72 Å². The number of amides is 1. The van der Waals surface area contributed by atoms with E-state index in [0.717, 1.165) is 6.07 Å². The van der Waals surface area contributed by atoms with Gasteiger partial charge in [-0.3, -0.25) is 9.78 Å². The maximum absolute atomic E-state index is 14.8. The number of aromatic nitrogens is 2. The first-order valence-corrected chi connectivity index (χ1v) is 8.40. The van der Waals surface area contributed by atoms with Crippen molar-refractivity contribution in [1.82, 2.24) is 14.7 Å². The molecule has 10 nitrogen and oxygen atoms in total. The van der Waals surface area contributed by atoms with Gasteiger partial charge in [0.05, 0.1) is 24.2 Å². The fourth-order valence-corrected chi connectivity index (χ4v) is 3.47. The molecule has 1 aliphatic heterocycles. The molecule has 1 aliphatic rings. The van der Waals surface area contributed by atoms with Crippen LogP contribution >= 0.6 is 0 Å². The largest absolute Gasteiger partial charge is 0.506 e. The zero-order chi connectivity index (χ0) is 18.2. The van der Waals surface area contributed by atoms with Crippen LogP contribution in [0.5, 0.6) is 5.75 Å². The van der Waals surface area contributed by atoms with Crippen molar-refractivity contribution in [3.63, 3.8) is 0 Å². The van der Waals surface area contributed by atoms with Gasteiger partial charge in [-0.15, -0.1) is 0 Å². The fraction of sp³-hybridized carbons (Fsp3) is 0.231. The number of benzene rings is 1. The van der Waals surface area contributed by atoms with E-state index in [9.17, 15) is 22.7 Å². The number of nitrogens with zero attached hydrogens (tertiary/aromatic N) is 4. The highest BCUT2D eigenvalue weighted by molar-refractivity contribution is 7.92. The van der Waals surface area contributed by atoms with Gasteiger partial charge in [0.15, 0.2) is 5.82 Å². The average Bonchev–Trinajstić information content (AvgIpc) is 2.81. The molecule has 3 rings (SSSR count). The number of nitriles is 1. The summed E-state index contributed by atoms with van der Waals surface area (Å²) in [5.41, 5.74) is -0.973. The predicted octanol–water partition coefficient (Wildman–Crippen LogP) is -0.0189. The normalized spacial score (nSPS) is 15.8. The quantitative estimate of drug-likeness (QED) is 0.639. The summed E-state index contributed by atoms with van der Waals surface area (Å²) >= 11 is 0. The summed E-state index contributed by atoms with van der Waals surface area (Å²) in [5.74, 6) is -2.50. The lowest BCUT2D eigenvalue weighted by Crippen LogP contribution is -2.30. The molecule has 0 unspecified atom stereocenters. The van der Waals surface area contributed by atoms with Gasteiger partial charge < -0.3 is 10.4 Å². The van der Waals surface area contributed by atoms with E-state index in [4.69, 9.17) is 5.26 Å². The van der Waals surface area contributed by atoms with E-state index in [-0.39, 0.29) is 29.8 Å². The van der Waals surface area contributed by atoms with Gasteiger partial charge in [0.25, 0.3) is 5.91 Å². The molecule has 130 valence electrons. The summed E-state index contributed by atoms with van der Waals surface area (Å²) in [4.78, 5) is 19.3. The van der Waals surface area contributed by atoms with Gasteiger partial charge in [0.1, 0.15) is 29.3 Å². The fourth-order valence-electron chi connectivity index (χ4n) is 2.30. The minimum absolute atomic E-state index is 0.000429. The summed E-state index contributed by atoms with van der Waals surface area (Å²) in [6, 6.07) is 2.98. The zero-order valence-corrected chi connectivity index (χ0v) is 13.3. The second-order valence-electron chi connectivity index (χ2n) is 5.05. The molecule has 3 N–H and O–H groups in total. The minimum Gasteiger partial charge on any atom is -0.506 e. The Kier molecular flexibility index (Phi) is 4.01. The van der Waals surface area contributed by atoms with Crippen LogP contribution in [0.4, 0.5) is 15.9 Å². The molecule has 0 bridgehead atoms. The molecule has 0 saturated carbocycles. The van der Waals surface area contributed by atoms with E-state index in [1.807, 2.05) is 6.07 Å². The molecular weight excluding hydrogens is 355 g/mol. The molecule has 1 amide bonds. The number of nitrogens with one attached hydrogen (secondary N) is 2. The van der Waals surface area contributed by atoms with Crippen molar-refractivity contribution in [3.05, 3.63) is 18.1 Å². The van der Waals surface area contributed by atoms with Gasteiger partial charge in [-0.25, -0.2) is 18.4 Å². The van der Waals surface area contributed by atoms with Crippen molar-refractivity contribution in [2.75, 3.05) is 22.7 Å². The second-order valence-corrected chi connectivity index (χ2v) is 6.65. The van der Waals surface area contributed by atoms with Crippen LogP contribution in [0.15, 0.2) is 12.3 Å². The van der Waals surface area contributed by atoms with Gasteiger partial charge in [-0.1, -0.05) is 0 Å². The lowest BCUT2D eigenvalue weighted by atomic mass is 10.2. The average molecular weight is 366 g/mol. The zero-order valence-electron chi connectivity index (χ0n) is 12.5. The number of rotatable bonds is 4. The molecular formula is C13H11FN6O4S. The van der Waals surface area contributed by atoms with Crippen molar-refractivity contribution in [2.45, 2.75) is 6.42 Å². The number of anilines is 2. The van der Waals surface area contributed by atoms with Gasteiger partial charge in [-0.2, -0.15) is 13.7 Å². The Morgan fingerprint density at radius 3 is 2.92 bits per heavy atom. The highest BCUT2D eigenvalue weighted by Gasteiger charge is 2.38. The van der Waals surface area contributed by atoms with Crippen LogP contribution in [-0.4, -0.2) is 42.5 Å². The standard InChI is InChI=1S/C13H11FN6O4S/c14-11-12-7(17-5-9(18-12)16-3-1-2-15)4-8(21)13(11)20-6-10(22)19-25(20,23)24/h4-5,21H,1,3,6H2,(H,16,18)(H,19,22). The number of aromatic hydroxyl groups is 1. The number of carbonyl (C=O) groups excluding carboxylic acids is 1. The van der Waals surface area contributed by atoms with Crippen LogP contribution in [-0.2, 0) is 15.0 Å². The smallest absolute Gasteiger partial charge is 0.326 e. The number of fused-ring (bicyclic) bond motifs is 1. The van der Waals surface area contributed by atoms with Crippen molar-refractivity contribution in [3.8, 4) is 11.8 Å². The third kappa shape index (κ3) is 2.96. The lowest BCUT2D eigenvalue weighted by molar-refractivity contribution is -0.117. The van der Waals surface area contributed by atoms with Crippen LogP contribution in [0.1, 0.15) is 6.42 Å². The molecule has 1 aromatic carbocycles. The minimum atomic E-state index is -4.30. The third-order valence-corrected chi connectivity index (χ3v) is 4.72. The summed E-state index contributed by atoms with van der Waals surface area (Å²) in [7, 11) is -4.30. The first-order valence-electron chi connectivity index (χ1n) is 6.96. The molecule has 25 heavy (non-hydrogen) atoms. The summed E-state index contributed by atoms with van der Waals surface area (Å²) in [6.45, 7) is -0.395. The second kappa shape index (κ2) is 6.02. The number of hydrogen-bond acceptors (Lipinski definition) is 8. The monoisotopic (exact) mass is 366 g/mol. The van der Waals surface area contributed by atoms with E-state index in [0.29, 0.717) is 4.31 Å². The first-order chi connectivity index (χ1) is 11.8. The first kappa shape index (κ1) is 16.7. The van der Waals surface area contributed by atoms with Crippen LogP contribution < -0.4 is 14.3 Å². The van der Waals surface area contributed by atoms with Gasteiger partial charge in [0, 0.05) is 12.6 Å². The molecule has 0 spiro atoms. The molecule has 1 fully saturated rings. The van der Waals surface area contributed by atoms with Crippen LogP contribution in [0, 0.1) is 17.1 Å². The van der Waals surface area contributed by atoms with E-state index < -0.39 is 39.9 Å². The Morgan fingerprint density at radius 1 is 1.52 bits per heavy atom. The molecule has 0 atom stereocenters. The van der Waals surface area contributed by atoms with Crippen molar-refractivity contribution in [1.29, 1.82) is 5.26 Å². The van der Waals surface area contributed by atoms with Crippen molar-refractivity contribution < 1.29 is 22.7 Å². The van der Waals surface area contributed by atoms with Crippen LogP contribution in [0.2, 0.25) is 0 Å². The summed E-state index contributed by atoms with van der Waals surface area (Å²) < 4.78 is 40.7. The third-order valence-electron chi connectivity index (χ3n) is 3.35. The topological polar surface area (TPSA) is 148 Å². The number of halogens is 1. The van der Waals surface area contributed by atoms with Crippen LogP contribution in [0.25, 0.3) is 11.0 Å². The summed E-state index contributed by atoms with van der Waals surface area (Å²) in [5, 5.41) is 21.3. The SMILES string of the molecule is N#CCCNc1cnc2cc(O)c(N3CC(=O)NS3(=O)=O)c(F)c2n1. The van der Waals surface area contributed by atoms with Gasteiger partial charge in [0.2, 0.25) is 0 Å². The maximum Gasteiger partial charge on any atom is 0.326 e. The molecule has 2 aromatic rings. The number of hydrogen-bond donors (Lipinski definition) is 3. The Bertz CT molecular complexity index is 1020. The Hall–Kier alpha value is -3.20. The van der Waals surface area contributed by atoms with Gasteiger partial charge >= 0.3 is 10.2 Å². The molecule has 0 aliphatic carbocycles.